The van der Waals surface area contributed by atoms with Gasteiger partial charge in [0.05, 0.1) is 6.61 Å². The first-order valence-electron chi connectivity index (χ1n) is 8.41. The van der Waals surface area contributed by atoms with Crippen molar-refractivity contribution in [3.63, 3.8) is 0 Å². The van der Waals surface area contributed by atoms with Crippen molar-refractivity contribution in [2.24, 2.45) is 17.3 Å². The Morgan fingerprint density at radius 3 is 2.91 bits per heavy atom. The highest BCUT2D eigenvalue weighted by molar-refractivity contribution is 5.90. The molecule has 2 heterocycles. The Kier molecular flexibility index (Phi) is 3.60. The van der Waals surface area contributed by atoms with Gasteiger partial charge in [0.25, 0.3) is 5.91 Å². The van der Waals surface area contributed by atoms with E-state index in [1.807, 2.05) is 4.90 Å². The van der Waals surface area contributed by atoms with Gasteiger partial charge >= 0.3 is 0 Å². The van der Waals surface area contributed by atoms with E-state index < -0.39 is 0 Å². The number of aromatic nitrogens is 2. The Morgan fingerprint density at radius 1 is 1.32 bits per heavy atom. The number of carbonyl (C=O) groups excluding carboxylic acids is 1. The van der Waals surface area contributed by atoms with Crippen LogP contribution >= 0.6 is 0 Å². The molecular formula is C17H23N3O2. The van der Waals surface area contributed by atoms with Gasteiger partial charge in [-0.25, -0.2) is 9.97 Å². The standard InChI is InChI=1S/C17H23N3O2/c21-16(15-18-7-2-8-19-15)20-9-14-3-1-6-17(14,11-20)12-22-10-13-4-5-13/h2,7-8,13-14H,1,3-6,9-12H2/t14-,17+/m1/s1. The molecule has 5 nitrogen and oxygen atoms in total. The molecular weight excluding hydrogens is 278 g/mol. The van der Waals surface area contributed by atoms with E-state index in [1.165, 1.54) is 32.1 Å². The zero-order valence-corrected chi connectivity index (χ0v) is 12.9. The predicted molar refractivity (Wildman–Crippen MR) is 81.3 cm³/mol. The molecule has 1 aromatic heterocycles. The van der Waals surface area contributed by atoms with Crippen LogP contribution < -0.4 is 0 Å². The molecule has 1 saturated heterocycles. The maximum atomic E-state index is 12.6. The Balaban J connectivity index is 1.43. The smallest absolute Gasteiger partial charge is 0.291 e. The van der Waals surface area contributed by atoms with Gasteiger partial charge in [0, 0.05) is 37.5 Å². The van der Waals surface area contributed by atoms with Gasteiger partial charge in [-0.2, -0.15) is 0 Å². The third-order valence-corrected chi connectivity index (χ3v) is 5.52. The minimum atomic E-state index is -0.0310. The van der Waals surface area contributed by atoms with Crippen LogP contribution in [0.5, 0.6) is 0 Å². The van der Waals surface area contributed by atoms with Crippen LogP contribution in [0.4, 0.5) is 0 Å². The fourth-order valence-electron chi connectivity index (χ4n) is 4.07. The first-order valence-corrected chi connectivity index (χ1v) is 8.41. The number of likely N-dealkylation sites (tertiary alicyclic amines) is 1. The molecule has 4 rings (SSSR count). The van der Waals surface area contributed by atoms with Gasteiger partial charge in [-0.3, -0.25) is 4.79 Å². The van der Waals surface area contributed by atoms with Crippen LogP contribution in [0.3, 0.4) is 0 Å². The van der Waals surface area contributed by atoms with Gasteiger partial charge in [-0.15, -0.1) is 0 Å². The molecule has 1 aliphatic heterocycles. The van der Waals surface area contributed by atoms with Gasteiger partial charge in [-0.05, 0) is 43.6 Å². The Morgan fingerprint density at radius 2 is 2.14 bits per heavy atom. The van der Waals surface area contributed by atoms with Crippen molar-refractivity contribution in [2.45, 2.75) is 32.1 Å². The van der Waals surface area contributed by atoms with Crippen LogP contribution in [0.1, 0.15) is 42.7 Å². The highest BCUT2D eigenvalue weighted by Gasteiger charge is 2.51. The second kappa shape index (κ2) is 5.61. The van der Waals surface area contributed by atoms with Gasteiger partial charge < -0.3 is 9.64 Å². The van der Waals surface area contributed by atoms with Gasteiger partial charge in [0.2, 0.25) is 5.82 Å². The zero-order chi connectivity index (χ0) is 15.0. The summed E-state index contributed by atoms with van der Waals surface area (Å²) in [5.74, 6) is 1.67. The van der Waals surface area contributed by atoms with E-state index in [1.54, 1.807) is 18.5 Å². The van der Waals surface area contributed by atoms with E-state index in [9.17, 15) is 4.79 Å². The molecule has 22 heavy (non-hydrogen) atoms. The topological polar surface area (TPSA) is 55.3 Å². The van der Waals surface area contributed by atoms with Crippen molar-refractivity contribution < 1.29 is 9.53 Å². The van der Waals surface area contributed by atoms with Gasteiger partial charge in [-0.1, -0.05) is 6.42 Å². The second-order valence-electron chi connectivity index (χ2n) is 7.17. The largest absolute Gasteiger partial charge is 0.381 e. The van der Waals surface area contributed by atoms with E-state index in [2.05, 4.69) is 9.97 Å². The van der Waals surface area contributed by atoms with E-state index in [0.29, 0.717) is 11.7 Å². The summed E-state index contributed by atoms with van der Waals surface area (Å²) in [6.45, 7) is 3.36. The van der Waals surface area contributed by atoms with Gasteiger partial charge in [0.15, 0.2) is 0 Å². The molecule has 0 radical (unpaired) electrons. The predicted octanol–water partition coefficient (Wildman–Crippen LogP) is 2.15. The fourth-order valence-corrected chi connectivity index (χ4v) is 4.07. The molecule has 0 N–H and O–H groups in total. The monoisotopic (exact) mass is 301 g/mol. The Hall–Kier alpha value is -1.49. The van der Waals surface area contributed by atoms with Crippen molar-refractivity contribution in [3.05, 3.63) is 24.3 Å². The van der Waals surface area contributed by atoms with Crippen molar-refractivity contribution in [2.75, 3.05) is 26.3 Å². The summed E-state index contributed by atoms with van der Waals surface area (Å²) in [7, 11) is 0. The second-order valence-corrected chi connectivity index (χ2v) is 7.17. The van der Waals surface area contributed by atoms with Crippen LogP contribution in [0, 0.1) is 17.3 Å². The first kappa shape index (κ1) is 14.1. The van der Waals surface area contributed by atoms with E-state index in [-0.39, 0.29) is 11.3 Å². The molecule has 0 aromatic carbocycles. The maximum Gasteiger partial charge on any atom is 0.291 e. The molecule has 2 atom stereocenters. The quantitative estimate of drug-likeness (QED) is 0.836. The van der Waals surface area contributed by atoms with Crippen LogP contribution in [0.25, 0.3) is 0 Å². The number of fused-ring (bicyclic) bond motifs is 1. The Labute approximate surface area is 131 Å². The van der Waals surface area contributed by atoms with Crippen LogP contribution in [-0.2, 0) is 4.74 Å². The molecule has 118 valence electrons. The van der Waals surface area contributed by atoms with Gasteiger partial charge in [0.1, 0.15) is 0 Å². The molecule has 3 aliphatic rings. The number of hydrogen-bond acceptors (Lipinski definition) is 4. The zero-order valence-electron chi connectivity index (χ0n) is 12.9. The fraction of sp³-hybridized carbons (Fsp3) is 0.706. The van der Waals surface area contributed by atoms with E-state index in [0.717, 1.165) is 32.2 Å². The number of rotatable bonds is 5. The highest BCUT2D eigenvalue weighted by atomic mass is 16.5. The third kappa shape index (κ3) is 2.62. The lowest BCUT2D eigenvalue weighted by Gasteiger charge is -2.28. The minimum absolute atomic E-state index is 0.0310. The summed E-state index contributed by atoms with van der Waals surface area (Å²) in [6.07, 6.45) is 9.57. The molecule has 3 fully saturated rings. The average Bonchev–Trinajstić information content (AvgIpc) is 3.17. The van der Waals surface area contributed by atoms with Crippen LogP contribution in [0.2, 0.25) is 0 Å². The molecule has 2 aliphatic carbocycles. The summed E-state index contributed by atoms with van der Waals surface area (Å²) in [5, 5.41) is 0. The molecule has 5 heteroatoms. The van der Waals surface area contributed by atoms with Crippen LogP contribution in [-0.4, -0.2) is 47.1 Å². The average molecular weight is 301 g/mol. The van der Waals surface area contributed by atoms with E-state index in [4.69, 9.17) is 4.74 Å². The molecule has 2 saturated carbocycles. The van der Waals surface area contributed by atoms with Crippen LogP contribution in [0.15, 0.2) is 18.5 Å². The molecule has 0 spiro atoms. The summed E-state index contributed by atoms with van der Waals surface area (Å²) in [5.41, 5.74) is 0.180. The highest BCUT2D eigenvalue weighted by Crippen LogP contribution is 2.49. The third-order valence-electron chi connectivity index (χ3n) is 5.52. The molecule has 0 bridgehead atoms. The minimum Gasteiger partial charge on any atom is -0.381 e. The van der Waals surface area contributed by atoms with Crippen molar-refractivity contribution >= 4 is 5.91 Å². The molecule has 1 amide bonds. The molecule has 1 aromatic rings. The summed E-state index contributed by atoms with van der Waals surface area (Å²) in [4.78, 5) is 22.7. The summed E-state index contributed by atoms with van der Waals surface area (Å²) >= 11 is 0. The normalized spacial score (nSPS) is 30.5. The molecule has 0 unspecified atom stereocenters. The maximum absolute atomic E-state index is 12.6. The number of amides is 1. The first-order chi connectivity index (χ1) is 10.8. The van der Waals surface area contributed by atoms with E-state index >= 15 is 0 Å². The number of carbonyl (C=O) groups is 1. The number of ether oxygens (including phenoxy) is 1. The summed E-state index contributed by atoms with van der Waals surface area (Å²) in [6, 6.07) is 1.74. The van der Waals surface area contributed by atoms with Crippen molar-refractivity contribution in [3.8, 4) is 0 Å². The number of hydrogen-bond donors (Lipinski definition) is 0. The lowest BCUT2D eigenvalue weighted by molar-refractivity contribution is 0.0305. The lowest BCUT2D eigenvalue weighted by atomic mass is 9.81. The Bertz CT molecular complexity index is 546. The van der Waals surface area contributed by atoms with Crippen molar-refractivity contribution in [1.29, 1.82) is 0 Å². The SMILES string of the molecule is O=C(c1ncccn1)N1C[C@H]2CCC[C@@]2(COCC2CC2)C1. The van der Waals surface area contributed by atoms with Crippen molar-refractivity contribution in [1.82, 2.24) is 14.9 Å². The summed E-state index contributed by atoms with van der Waals surface area (Å²) < 4.78 is 6.01. The lowest BCUT2D eigenvalue weighted by Crippen LogP contribution is -2.35. The number of nitrogens with zero attached hydrogens (tertiary/aromatic N) is 3.